The molecule has 7 nitrogen and oxygen atoms in total. The number of carbonyl (C=O) groups is 3. The first-order chi connectivity index (χ1) is 15.8. The molecule has 3 heterocycles. The zero-order valence-electron chi connectivity index (χ0n) is 19.5. The highest BCUT2D eigenvalue weighted by Gasteiger charge is 2.76. The smallest absolute Gasteiger partial charge is 0.313 e. The number of ether oxygens (including phenoxy) is 2. The number of rotatable bonds is 6. The lowest BCUT2D eigenvalue weighted by Crippen LogP contribution is -2.56. The second-order valence-electron chi connectivity index (χ2n) is 10.0. The summed E-state index contributed by atoms with van der Waals surface area (Å²) in [6.07, 6.45) is 7.76. The van der Waals surface area contributed by atoms with Crippen LogP contribution in [0.1, 0.15) is 50.7 Å². The third kappa shape index (κ3) is 3.39. The average molecular weight is 453 g/mol. The largest absolute Gasteiger partial charge is 0.466 e. The highest BCUT2D eigenvalue weighted by Crippen LogP contribution is 2.60. The molecule has 5 rings (SSSR count). The second kappa shape index (κ2) is 7.97. The lowest BCUT2D eigenvalue weighted by Gasteiger charge is -2.33. The molecule has 0 radical (unpaired) electrons. The van der Waals surface area contributed by atoms with Crippen LogP contribution >= 0.6 is 0 Å². The van der Waals surface area contributed by atoms with Gasteiger partial charge in [0.25, 0.3) is 0 Å². The van der Waals surface area contributed by atoms with Gasteiger partial charge in [-0.2, -0.15) is 0 Å². The van der Waals surface area contributed by atoms with Crippen LogP contribution in [0.5, 0.6) is 0 Å². The predicted molar refractivity (Wildman–Crippen MR) is 121 cm³/mol. The molecule has 7 heteroatoms. The van der Waals surface area contributed by atoms with E-state index >= 15 is 0 Å². The molecular weight excluding hydrogens is 420 g/mol. The Morgan fingerprint density at radius 3 is 2.55 bits per heavy atom. The topological polar surface area (TPSA) is 84.9 Å². The van der Waals surface area contributed by atoms with Gasteiger partial charge < -0.3 is 19.7 Å². The van der Waals surface area contributed by atoms with Crippen molar-refractivity contribution < 1.29 is 23.9 Å². The lowest BCUT2D eigenvalue weighted by molar-refractivity contribution is -0.157. The maximum Gasteiger partial charge on any atom is 0.313 e. The third-order valence-electron chi connectivity index (χ3n) is 7.76. The number of carbonyl (C=O) groups excluding carboxylic acids is 3. The summed E-state index contributed by atoms with van der Waals surface area (Å²) in [4.78, 5) is 42.2. The fraction of sp³-hybridized carbons (Fsp3) is 0.577. The van der Waals surface area contributed by atoms with Crippen molar-refractivity contribution in [3.63, 3.8) is 0 Å². The van der Waals surface area contributed by atoms with E-state index in [0.717, 1.165) is 36.8 Å². The summed E-state index contributed by atoms with van der Waals surface area (Å²) in [6, 6.07) is 7.20. The van der Waals surface area contributed by atoms with Crippen LogP contribution in [0.4, 0.5) is 0 Å². The van der Waals surface area contributed by atoms with Crippen LogP contribution in [0.3, 0.4) is 0 Å². The third-order valence-corrected chi connectivity index (χ3v) is 7.76. The molecule has 1 N–H and O–H groups in total. The zero-order valence-corrected chi connectivity index (χ0v) is 19.5. The summed E-state index contributed by atoms with van der Waals surface area (Å²) in [7, 11) is 0. The van der Waals surface area contributed by atoms with Crippen molar-refractivity contribution in [1.82, 2.24) is 10.2 Å². The van der Waals surface area contributed by atoms with Gasteiger partial charge in [-0.25, -0.2) is 0 Å². The predicted octanol–water partition coefficient (Wildman–Crippen LogP) is 2.66. The van der Waals surface area contributed by atoms with Crippen LogP contribution in [-0.2, 0) is 30.4 Å². The SMILES string of the molecule is CCOC(=O)[C@@H]1[C@H]2C(=O)N(Cc3ccc(C)cc3)[C@H](C(=O)NC3CCCC3)[C@]23C=C[C@]1(C)O3. The van der Waals surface area contributed by atoms with Crippen molar-refractivity contribution in [2.45, 2.75) is 76.3 Å². The van der Waals surface area contributed by atoms with Gasteiger partial charge in [-0.3, -0.25) is 14.4 Å². The van der Waals surface area contributed by atoms with E-state index < -0.39 is 35.0 Å². The quantitative estimate of drug-likeness (QED) is 0.530. The van der Waals surface area contributed by atoms with E-state index in [4.69, 9.17) is 9.47 Å². The van der Waals surface area contributed by atoms with Crippen molar-refractivity contribution in [3.05, 3.63) is 47.5 Å². The van der Waals surface area contributed by atoms with Crippen LogP contribution in [0.25, 0.3) is 0 Å². The summed E-state index contributed by atoms with van der Waals surface area (Å²) in [6.45, 7) is 6.07. The van der Waals surface area contributed by atoms with Crippen LogP contribution in [-0.4, -0.2) is 52.6 Å². The molecule has 2 saturated heterocycles. The Hall–Kier alpha value is -2.67. The summed E-state index contributed by atoms with van der Waals surface area (Å²) >= 11 is 0. The van der Waals surface area contributed by atoms with Crippen LogP contribution < -0.4 is 5.32 Å². The van der Waals surface area contributed by atoms with Gasteiger partial charge in [-0.05, 0) is 39.2 Å². The summed E-state index contributed by atoms with van der Waals surface area (Å²) in [5.74, 6) is -2.44. The van der Waals surface area contributed by atoms with E-state index in [1.54, 1.807) is 11.8 Å². The van der Waals surface area contributed by atoms with Crippen LogP contribution in [0, 0.1) is 18.8 Å². The van der Waals surface area contributed by atoms with Gasteiger partial charge in [-0.1, -0.05) is 54.8 Å². The van der Waals surface area contributed by atoms with Crippen molar-refractivity contribution in [2.75, 3.05) is 6.61 Å². The van der Waals surface area contributed by atoms with Crippen LogP contribution in [0.2, 0.25) is 0 Å². The van der Waals surface area contributed by atoms with E-state index in [9.17, 15) is 14.4 Å². The van der Waals surface area contributed by atoms with Gasteiger partial charge in [0.05, 0.1) is 18.1 Å². The zero-order chi connectivity index (χ0) is 23.4. The second-order valence-corrected chi connectivity index (χ2v) is 10.0. The molecule has 0 aromatic heterocycles. The van der Waals surface area contributed by atoms with E-state index in [0.29, 0.717) is 0 Å². The number of aryl methyl sites for hydroxylation is 1. The molecule has 3 aliphatic heterocycles. The van der Waals surface area contributed by atoms with E-state index in [1.807, 2.05) is 50.3 Å². The number of nitrogens with zero attached hydrogens (tertiary/aromatic N) is 1. The van der Waals surface area contributed by atoms with Crippen molar-refractivity contribution in [3.8, 4) is 0 Å². The van der Waals surface area contributed by atoms with Crippen LogP contribution in [0.15, 0.2) is 36.4 Å². The number of benzene rings is 1. The molecule has 0 unspecified atom stereocenters. The van der Waals surface area contributed by atoms with E-state index in [1.165, 1.54) is 0 Å². The van der Waals surface area contributed by atoms with Crippen molar-refractivity contribution >= 4 is 17.8 Å². The maximum absolute atomic E-state index is 13.9. The number of esters is 1. The highest BCUT2D eigenvalue weighted by atomic mass is 16.6. The summed E-state index contributed by atoms with van der Waals surface area (Å²) < 4.78 is 11.8. The maximum atomic E-state index is 13.9. The molecule has 2 bridgehead atoms. The fourth-order valence-corrected chi connectivity index (χ4v) is 6.23. The molecule has 4 aliphatic rings. The monoisotopic (exact) mass is 452 g/mol. The minimum Gasteiger partial charge on any atom is -0.466 e. The number of hydrogen-bond acceptors (Lipinski definition) is 5. The van der Waals surface area contributed by atoms with Gasteiger partial charge in [0.2, 0.25) is 11.8 Å². The first-order valence-electron chi connectivity index (χ1n) is 12.0. The molecule has 33 heavy (non-hydrogen) atoms. The Morgan fingerprint density at radius 2 is 1.88 bits per heavy atom. The lowest BCUT2D eigenvalue weighted by atomic mass is 9.70. The first kappa shape index (κ1) is 22.1. The molecule has 1 saturated carbocycles. The van der Waals surface area contributed by atoms with Gasteiger partial charge in [-0.15, -0.1) is 0 Å². The molecule has 176 valence electrons. The van der Waals surface area contributed by atoms with E-state index in [2.05, 4.69) is 5.32 Å². The molecular formula is C26H32N2O5. The molecule has 1 spiro atoms. The Labute approximate surface area is 194 Å². The molecule has 1 aromatic rings. The molecule has 2 amide bonds. The number of amides is 2. The van der Waals surface area contributed by atoms with Crippen molar-refractivity contribution in [1.29, 1.82) is 0 Å². The van der Waals surface area contributed by atoms with Gasteiger partial charge >= 0.3 is 5.97 Å². The number of nitrogens with one attached hydrogen (secondary N) is 1. The minimum absolute atomic E-state index is 0.114. The standard InChI is InChI=1S/C26H32N2O5/c1-4-32-24(31)20-19-23(30)28(15-17-11-9-16(2)10-12-17)21(22(29)27-18-7-5-6-8-18)26(19)14-13-25(20,3)33-26/h9-14,18-21H,4-8,15H2,1-3H3,(H,27,29)/t19-,20-,21+,25-,26-/m0/s1. The molecule has 5 atom stereocenters. The number of likely N-dealkylation sites (tertiary alicyclic amines) is 1. The normalized spacial score (nSPS) is 34.7. The molecule has 1 aromatic carbocycles. The average Bonchev–Trinajstić information content (AvgIpc) is 3.50. The van der Waals surface area contributed by atoms with Gasteiger partial charge in [0.15, 0.2) is 0 Å². The summed E-state index contributed by atoms with van der Waals surface area (Å²) in [5.41, 5.74) is -0.0791. The number of fused-ring (bicyclic) bond motifs is 1. The first-order valence-corrected chi connectivity index (χ1v) is 12.0. The Bertz CT molecular complexity index is 998. The summed E-state index contributed by atoms with van der Waals surface area (Å²) in [5, 5.41) is 3.18. The Morgan fingerprint density at radius 1 is 1.18 bits per heavy atom. The van der Waals surface area contributed by atoms with E-state index in [-0.39, 0.29) is 31.0 Å². The number of hydrogen-bond donors (Lipinski definition) is 1. The van der Waals surface area contributed by atoms with Gasteiger partial charge in [0, 0.05) is 12.6 Å². The molecule has 3 fully saturated rings. The minimum atomic E-state index is -1.17. The van der Waals surface area contributed by atoms with Gasteiger partial charge in [0.1, 0.15) is 17.6 Å². The fourth-order valence-electron chi connectivity index (χ4n) is 6.23. The Balaban J connectivity index is 1.53. The van der Waals surface area contributed by atoms with Crippen molar-refractivity contribution in [2.24, 2.45) is 11.8 Å². The Kier molecular flexibility index (Phi) is 5.35. The molecule has 1 aliphatic carbocycles. The highest BCUT2D eigenvalue weighted by molar-refractivity contribution is 5.99.